The third-order valence-corrected chi connectivity index (χ3v) is 2.11. The van der Waals surface area contributed by atoms with E-state index < -0.39 is 0 Å². The second kappa shape index (κ2) is 2.71. The number of anilines is 2. The summed E-state index contributed by atoms with van der Waals surface area (Å²) in [4.78, 5) is 11.8. The molecule has 0 aliphatic carbocycles. The van der Waals surface area contributed by atoms with E-state index in [0.29, 0.717) is 6.54 Å². The van der Waals surface area contributed by atoms with Crippen molar-refractivity contribution in [1.29, 1.82) is 0 Å². The van der Waals surface area contributed by atoms with E-state index in [1.165, 1.54) is 0 Å². The Kier molecular flexibility index (Phi) is 1.69. The fourth-order valence-electron chi connectivity index (χ4n) is 1.19. The molecular weight excluding hydrogens is 172 g/mol. The van der Waals surface area contributed by atoms with Gasteiger partial charge in [0.2, 0.25) is 5.91 Å². The third-order valence-electron chi connectivity index (χ3n) is 1.74. The lowest BCUT2D eigenvalue weighted by Crippen LogP contribution is -2.27. The second-order valence-corrected chi connectivity index (χ2v) is 3.08. The van der Waals surface area contributed by atoms with Gasteiger partial charge in [0, 0.05) is 4.90 Å². The minimum absolute atomic E-state index is 0.0126. The number of hydrogen-bond acceptors (Lipinski definition) is 3. The van der Waals surface area contributed by atoms with Crippen LogP contribution in [0.5, 0.6) is 0 Å². The molecule has 0 bridgehead atoms. The Morgan fingerprint density at radius 1 is 1.42 bits per heavy atom. The van der Waals surface area contributed by atoms with E-state index in [9.17, 15) is 4.79 Å². The molecule has 0 spiro atoms. The molecule has 0 aromatic heterocycles. The first-order valence-electron chi connectivity index (χ1n) is 3.63. The summed E-state index contributed by atoms with van der Waals surface area (Å²) < 4.78 is 0. The van der Waals surface area contributed by atoms with Crippen LogP contribution in [0, 0.1) is 0 Å². The van der Waals surface area contributed by atoms with Crippen LogP contribution < -0.4 is 10.6 Å². The van der Waals surface area contributed by atoms with Gasteiger partial charge in [0.25, 0.3) is 0 Å². The highest BCUT2D eigenvalue weighted by molar-refractivity contribution is 7.80. The molecule has 0 atom stereocenters. The molecule has 1 aromatic carbocycles. The van der Waals surface area contributed by atoms with Crippen LogP contribution in [0.15, 0.2) is 23.1 Å². The highest BCUT2D eigenvalue weighted by atomic mass is 32.1. The summed E-state index contributed by atoms with van der Waals surface area (Å²) in [6.45, 7) is 0.324. The quantitative estimate of drug-likeness (QED) is 0.527. The predicted octanol–water partition coefficient (Wildman–Crippen LogP) is 1.34. The van der Waals surface area contributed by atoms with Crippen LogP contribution >= 0.6 is 12.6 Å². The summed E-state index contributed by atoms with van der Waals surface area (Å²) in [7, 11) is 0. The second-order valence-electron chi connectivity index (χ2n) is 2.60. The summed E-state index contributed by atoms with van der Waals surface area (Å²) in [5.41, 5.74) is 1.71. The van der Waals surface area contributed by atoms with E-state index in [4.69, 9.17) is 0 Å². The van der Waals surface area contributed by atoms with Gasteiger partial charge in [-0.3, -0.25) is 4.79 Å². The molecule has 1 aliphatic heterocycles. The first-order chi connectivity index (χ1) is 5.77. The van der Waals surface area contributed by atoms with Crippen molar-refractivity contribution in [3.8, 4) is 0 Å². The van der Waals surface area contributed by atoms with Gasteiger partial charge in [-0.25, -0.2) is 0 Å². The van der Waals surface area contributed by atoms with E-state index in [0.717, 1.165) is 16.3 Å². The zero-order chi connectivity index (χ0) is 8.55. The van der Waals surface area contributed by atoms with Gasteiger partial charge in [-0.05, 0) is 12.1 Å². The fraction of sp³-hybridized carbons (Fsp3) is 0.125. The monoisotopic (exact) mass is 180 g/mol. The topological polar surface area (TPSA) is 41.1 Å². The highest BCUT2D eigenvalue weighted by Crippen LogP contribution is 2.30. The van der Waals surface area contributed by atoms with Crippen LogP contribution in [0.25, 0.3) is 0 Å². The molecule has 4 heteroatoms. The number of carbonyl (C=O) groups excluding carboxylic acids is 1. The molecule has 1 amide bonds. The van der Waals surface area contributed by atoms with Crippen molar-refractivity contribution in [3.63, 3.8) is 0 Å². The third kappa shape index (κ3) is 1.14. The Labute approximate surface area is 75.6 Å². The van der Waals surface area contributed by atoms with Crippen LogP contribution in [0.2, 0.25) is 0 Å². The molecule has 0 radical (unpaired) electrons. The maximum absolute atomic E-state index is 10.9. The zero-order valence-electron chi connectivity index (χ0n) is 6.29. The number of rotatable bonds is 0. The van der Waals surface area contributed by atoms with Gasteiger partial charge in [0.05, 0.1) is 17.9 Å². The number of hydrogen-bond donors (Lipinski definition) is 3. The lowest BCUT2D eigenvalue weighted by atomic mass is 10.2. The van der Waals surface area contributed by atoms with Crippen molar-refractivity contribution in [3.05, 3.63) is 18.2 Å². The van der Waals surface area contributed by atoms with Crippen molar-refractivity contribution in [1.82, 2.24) is 0 Å². The standard InChI is InChI=1S/C8H8N2OS/c11-7-4-9-8-5(10-7)2-1-3-6(8)12/h1-3,9,12H,4H2,(H,10,11). The zero-order valence-corrected chi connectivity index (χ0v) is 7.19. The highest BCUT2D eigenvalue weighted by Gasteiger charge is 2.14. The number of para-hydroxylation sites is 1. The molecule has 2 N–H and O–H groups in total. The number of amides is 1. The number of fused-ring (bicyclic) bond motifs is 1. The Bertz CT molecular complexity index is 338. The summed E-state index contributed by atoms with van der Waals surface area (Å²) >= 11 is 4.25. The SMILES string of the molecule is O=C1CNc2c(S)cccc2N1. The first-order valence-corrected chi connectivity index (χ1v) is 4.08. The van der Waals surface area contributed by atoms with E-state index >= 15 is 0 Å². The lowest BCUT2D eigenvalue weighted by Gasteiger charge is -2.19. The molecular formula is C8H8N2OS. The van der Waals surface area contributed by atoms with Crippen molar-refractivity contribution >= 4 is 29.9 Å². The molecule has 0 fully saturated rings. The van der Waals surface area contributed by atoms with E-state index in [-0.39, 0.29) is 5.91 Å². The van der Waals surface area contributed by atoms with Gasteiger partial charge in [-0.2, -0.15) is 0 Å². The van der Waals surface area contributed by atoms with Gasteiger partial charge in [-0.15, -0.1) is 12.6 Å². The molecule has 0 unspecified atom stereocenters. The number of thiol groups is 1. The Morgan fingerprint density at radius 2 is 2.25 bits per heavy atom. The van der Waals surface area contributed by atoms with E-state index in [1.54, 1.807) is 0 Å². The molecule has 1 aromatic rings. The largest absolute Gasteiger partial charge is 0.374 e. The average molecular weight is 180 g/mol. The minimum atomic E-state index is -0.0126. The Balaban J connectivity index is 2.48. The summed E-state index contributed by atoms with van der Waals surface area (Å²) in [6.07, 6.45) is 0. The number of nitrogens with one attached hydrogen (secondary N) is 2. The predicted molar refractivity (Wildman–Crippen MR) is 50.8 cm³/mol. The molecule has 1 heterocycles. The molecule has 0 saturated heterocycles. The minimum Gasteiger partial charge on any atom is -0.374 e. The number of carbonyl (C=O) groups is 1. The molecule has 62 valence electrons. The van der Waals surface area contributed by atoms with Crippen LogP contribution in [0.4, 0.5) is 11.4 Å². The van der Waals surface area contributed by atoms with E-state index in [1.807, 2.05) is 18.2 Å². The lowest BCUT2D eigenvalue weighted by molar-refractivity contribution is -0.114. The van der Waals surface area contributed by atoms with Gasteiger partial charge < -0.3 is 10.6 Å². The fourth-order valence-corrected chi connectivity index (χ4v) is 1.48. The molecule has 2 rings (SSSR count). The summed E-state index contributed by atoms with van der Waals surface area (Å²) in [6, 6.07) is 5.58. The van der Waals surface area contributed by atoms with Gasteiger partial charge in [0.1, 0.15) is 0 Å². The van der Waals surface area contributed by atoms with Crippen LogP contribution in [-0.4, -0.2) is 12.5 Å². The van der Waals surface area contributed by atoms with E-state index in [2.05, 4.69) is 23.3 Å². The molecule has 0 saturated carbocycles. The summed E-state index contributed by atoms with van der Waals surface area (Å²) in [5.74, 6) is -0.0126. The first kappa shape index (κ1) is 7.49. The summed E-state index contributed by atoms with van der Waals surface area (Å²) in [5, 5.41) is 5.74. The average Bonchev–Trinajstić information content (AvgIpc) is 2.04. The van der Waals surface area contributed by atoms with Crippen LogP contribution in [0.1, 0.15) is 0 Å². The van der Waals surface area contributed by atoms with Crippen molar-refractivity contribution < 1.29 is 4.79 Å². The van der Waals surface area contributed by atoms with Crippen molar-refractivity contribution in [2.75, 3.05) is 17.2 Å². The Morgan fingerprint density at radius 3 is 3.08 bits per heavy atom. The van der Waals surface area contributed by atoms with Crippen LogP contribution in [-0.2, 0) is 4.79 Å². The van der Waals surface area contributed by atoms with Gasteiger partial charge >= 0.3 is 0 Å². The van der Waals surface area contributed by atoms with Crippen LogP contribution in [0.3, 0.4) is 0 Å². The molecule has 1 aliphatic rings. The van der Waals surface area contributed by atoms with Crippen molar-refractivity contribution in [2.24, 2.45) is 0 Å². The maximum atomic E-state index is 10.9. The van der Waals surface area contributed by atoms with Gasteiger partial charge in [0.15, 0.2) is 0 Å². The maximum Gasteiger partial charge on any atom is 0.243 e. The van der Waals surface area contributed by atoms with Gasteiger partial charge in [-0.1, -0.05) is 6.07 Å². The normalized spacial score (nSPS) is 14.6. The molecule has 12 heavy (non-hydrogen) atoms. The van der Waals surface area contributed by atoms with Crippen molar-refractivity contribution in [2.45, 2.75) is 4.90 Å². The Hall–Kier alpha value is -1.16. The number of benzene rings is 1. The molecule has 3 nitrogen and oxygen atoms in total. The smallest absolute Gasteiger partial charge is 0.243 e.